The van der Waals surface area contributed by atoms with E-state index in [-0.39, 0.29) is 5.91 Å². The molecule has 0 atom stereocenters. The number of carbonyl (C=O) groups is 1. The SMILES string of the molecule is CNc1ccncc1C(=O)NCc1ccccc1. The number of hydrogen-bond donors (Lipinski definition) is 2. The number of carbonyl (C=O) groups excluding carboxylic acids is 1. The van der Waals surface area contributed by atoms with Gasteiger partial charge in [-0.05, 0) is 11.6 Å². The van der Waals surface area contributed by atoms with Crippen LogP contribution in [0, 0.1) is 0 Å². The molecule has 18 heavy (non-hydrogen) atoms. The molecule has 1 amide bonds. The topological polar surface area (TPSA) is 54.0 Å². The van der Waals surface area contributed by atoms with E-state index < -0.39 is 0 Å². The third-order valence-electron chi connectivity index (χ3n) is 2.63. The molecule has 2 N–H and O–H groups in total. The number of anilines is 1. The van der Waals surface area contributed by atoms with Crippen LogP contribution in [0.15, 0.2) is 48.8 Å². The average molecular weight is 241 g/mol. The number of aromatic nitrogens is 1. The molecule has 1 aromatic heterocycles. The molecule has 0 saturated heterocycles. The summed E-state index contributed by atoms with van der Waals surface area (Å²) in [5.41, 5.74) is 2.40. The Hall–Kier alpha value is -2.36. The fourth-order valence-corrected chi connectivity index (χ4v) is 1.67. The Morgan fingerprint density at radius 2 is 2.00 bits per heavy atom. The summed E-state index contributed by atoms with van der Waals surface area (Å²) in [4.78, 5) is 16.0. The monoisotopic (exact) mass is 241 g/mol. The van der Waals surface area contributed by atoms with E-state index in [1.54, 1.807) is 25.5 Å². The second kappa shape index (κ2) is 5.82. The molecule has 0 spiro atoms. The van der Waals surface area contributed by atoms with E-state index in [9.17, 15) is 4.79 Å². The standard InChI is InChI=1S/C14H15N3O/c1-15-13-7-8-16-10-12(13)14(18)17-9-11-5-3-2-4-6-11/h2-8,10H,9H2,1H3,(H,15,16)(H,17,18). The first-order valence-corrected chi connectivity index (χ1v) is 5.75. The third-order valence-corrected chi connectivity index (χ3v) is 2.63. The fraction of sp³-hybridized carbons (Fsp3) is 0.143. The molecule has 0 unspecified atom stereocenters. The van der Waals surface area contributed by atoms with E-state index >= 15 is 0 Å². The van der Waals surface area contributed by atoms with E-state index in [1.165, 1.54) is 0 Å². The van der Waals surface area contributed by atoms with Crippen LogP contribution in [0.1, 0.15) is 15.9 Å². The van der Waals surface area contributed by atoms with Crippen molar-refractivity contribution in [2.45, 2.75) is 6.54 Å². The highest BCUT2D eigenvalue weighted by atomic mass is 16.1. The highest BCUT2D eigenvalue weighted by Crippen LogP contribution is 2.12. The van der Waals surface area contributed by atoms with Gasteiger partial charge in [0.2, 0.25) is 0 Å². The van der Waals surface area contributed by atoms with Gasteiger partial charge in [0.25, 0.3) is 5.91 Å². The van der Waals surface area contributed by atoms with Crippen molar-refractivity contribution in [2.75, 3.05) is 12.4 Å². The Balaban J connectivity index is 2.04. The molecule has 0 fully saturated rings. The summed E-state index contributed by atoms with van der Waals surface area (Å²) in [5, 5.41) is 5.84. The number of nitrogens with zero attached hydrogens (tertiary/aromatic N) is 1. The van der Waals surface area contributed by atoms with Gasteiger partial charge in [-0.15, -0.1) is 0 Å². The molecule has 2 aromatic rings. The molecule has 0 saturated carbocycles. The maximum atomic E-state index is 12.0. The van der Waals surface area contributed by atoms with Gasteiger partial charge in [-0.1, -0.05) is 30.3 Å². The van der Waals surface area contributed by atoms with E-state index in [4.69, 9.17) is 0 Å². The zero-order valence-electron chi connectivity index (χ0n) is 10.2. The molecular weight excluding hydrogens is 226 g/mol. The van der Waals surface area contributed by atoms with E-state index in [1.807, 2.05) is 30.3 Å². The van der Waals surface area contributed by atoms with Crippen molar-refractivity contribution in [3.63, 3.8) is 0 Å². The Morgan fingerprint density at radius 3 is 2.72 bits per heavy atom. The van der Waals surface area contributed by atoms with Crippen molar-refractivity contribution in [3.8, 4) is 0 Å². The first kappa shape index (κ1) is 12.1. The van der Waals surface area contributed by atoms with Crippen LogP contribution in [0.2, 0.25) is 0 Å². The maximum Gasteiger partial charge on any atom is 0.255 e. The minimum absolute atomic E-state index is 0.128. The Kier molecular flexibility index (Phi) is 3.91. The highest BCUT2D eigenvalue weighted by molar-refractivity contribution is 5.99. The zero-order valence-corrected chi connectivity index (χ0v) is 10.2. The van der Waals surface area contributed by atoms with E-state index in [2.05, 4.69) is 15.6 Å². The molecule has 2 rings (SSSR count). The fourth-order valence-electron chi connectivity index (χ4n) is 1.67. The summed E-state index contributed by atoms with van der Waals surface area (Å²) in [6.07, 6.45) is 3.21. The smallest absolute Gasteiger partial charge is 0.255 e. The lowest BCUT2D eigenvalue weighted by Gasteiger charge is -2.09. The van der Waals surface area contributed by atoms with Crippen LogP contribution in [-0.2, 0) is 6.54 Å². The van der Waals surface area contributed by atoms with Gasteiger partial charge in [-0.25, -0.2) is 0 Å². The van der Waals surface area contributed by atoms with E-state index in [0.717, 1.165) is 11.3 Å². The zero-order chi connectivity index (χ0) is 12.8. The summed E-state index contributed by atoms with van der Waals surface area (Å²) >= 11 is 0. The second-order valence-electron chi connectivity index (χ2n) is 3.84. The lowest BCUT2D eigenvalue weighted by Crippen LogP contribution is -2.23. The number of hydrogen-bond acceptors (Lipinski definition) is 3. The molecule has 4 heteroatoms. The van der Waals surface area contributed by atoms with Gasteiger partial charge in [0.05, 0.1) is 5.56 Å². The minimum Gasteiger partial charge on any atom is -0.387 e. The minimum atomic E-state index is -0.128. The van der Waals surface area contributed by atoms with Crippen LogP contribution in [0.5, 0.6) is 0 Å². The first-order chi connectivity index (χ1) is 8.81. The summed E-state index contributed by atoms with van der Waals surface area (Å²) in [6, 6.07) is 11.6. The maximum absolute atomic E-state index is 12.0. The second-order valence-corrected chi connectivity index (χ2v) is 3.84. The molecule has 0 bridgehead atoms. The molecule has 0 aliphatic carbocycles. The summed E-state index contributed by atoms with van der Waals surface area (Å²) < 4.78 is 0. The van der Waals surface area contributed by atoms with Gasteiger partial charge in [-0.3, -0.25) is 9.78 Å². The van der Waals surface area contributed by atoms with Crippen LogP contribution in [-0.4, -0.2) is 17.9 Å². The lowest BCUT2D eigenvalue weighted by atomic mass is 10.2. The van der Waals surface area contributed by atoms with Gasteiger partial charge >= 0.3 is 0 Å². The number of nitrogens with one attached hydrogen (secondary N) is 2. The number of amides is 1. The highest BCUT2D eigenvalue weighted by Gasteiger charge is 2.09. The Morgan fingerprint density at radius 1 is 1.22 bits per heavy atom. The molecule has 1 heterocycles. The molecule has 0 aliphatic heterocycles. The first-order valence-electron chi connectivity index (χ1n) is 5.75. The van der Waals surface area contributed by atoms with Gasteiger partial charge < -0.3 is 10.6 Å². The van der Waals surface area contributed by atoms with Gasteiger partial charge in [0.15, 0.2) is 0 Å². The van der Waals surface area contributed by atoms with Crippen molar-refractivity contribution >= 4 is 11.6 Å². The third kappa shape index (κ3) is 2.85. The number of pyridine rings is 1. The van der Waals surface area contributed by atoms with Crippen molar-refractivity contribution in [1.29, 1.82) is 0 Å². The summed E-state index contributed by atoms with van der Waals surface area (Å²) in [7, 11) is 1.78. The van der Waals surface area contributed by atoms with Crippen LogP contribution >= 0.6 is 0 Å². The normalized spacial score (nSPS) is 9.83. The van der Waals surface area contributed by atoms with E-state index in [0.29, 0.717) is 12.1 Å². The molecule has 0 radical (unpaired) electrons. The predicted molar refractivity (Wildman–Crippen MR) is 71.4 cm³/mol. The number of benzene rings is 1. The Labute approximate surface area is 106 Å². The van der Waals surface area contributed by atoms with Crippen molar-refractivity contribution in [3.05, 3.63) is 59.9 Å². The van der Waals surface area contributed by atoms with Crippen LogP contribution in [0.3, 0.4) is 0 Å². The van der Waals surface area contributed by atoms with Crippen molar-refractivity contribution < 1.29 is 4.79 Å². The van der Waals surface area contributed by atoms with Crippen molar-refractivity contribution in [2.24, 2.45) is 0 Å². The van der Waals surface area contributed by atoms with Crippen LogP contribution in [0.4, 0.5) is 5.69 Å². The van der Waals surface area contributed by atoms with Gasteiger partial charge in [0.1, 0.15) is 0 Å². The molecule has 92 valence electrons. The quantitative estimate of drug-likeness (QED) is 0.861. The van der Waals surface area contributed by atoms with Crippen LogP contribution in [0.25, 0.3) is 0 Å². The molecular formula is C14H15N3O. The predicted octanol–water partition coefficient (Wildman–Crippen LogP) is 2.05. The number of rotatable bonds is 4. The average Bonchev–Trinajstić information content (AvgIpc) is 2.45. The Bertz CT molecular complexity index is 526. The summed E-state index contributed by atoms with van der Waals surface area (Å²) in [5.74, 6) is -0.128. The molecule has 4 nitrogen and oxygen atoms in total. The molecule has 0 aliphatic rings. The van der Waals surface area contributed by atoms with Crippen LogP contribution < -0.4 is 10.6 Å². The largest absolute Gasteiger partial charge is 0.387 e. The van der Waals surface area contributed by atoms with Crippen molar-refractivity contribution in [1.82, 2.24) is 10.3 Å². The van der Waals surface area contributed by atoms with Gasteiger partial charge in [0, 0.05) is 31.7 Å². The lowest BCUT2D eigenvalue weighted by molar-refractivity contribution is 0.0951. The molecule has 1 aromatic carbocycles. The van der Waals surface area contributed by atoms with Gasteiger partial charge in [-0.2, -0.15) is 0 Å². The summed E-state index contributed by atoms with van der Waals surface area (Å²) in [6.45, 7) is 0.512.